The second-order valence-corrected chi connectivity index (χ2v) is 4.29. The van der Waals surface area contributed by atoms with Gasteiger partial charge in [0, 0.05) is 23.9 Å². The number of hydrogen-bond donors (Lipinski definition) is 1. The third-order valence-electron chi connectivity index (χ3n) is 2.61. The molecule has 0 amide bonds. The average molecular weight is 362 g/mol. The zero-order chi connectivity index (χ0) is 19.0. The largest absolute Gasteiger partial charge is 0.490 e. The highest BCUT2D eigenvalue weighted by molar-refractivity contribution is 5.75. The number of carbonyl (C=O) groups is 2. The van der Waals surface area contributed by atoms with Gasteiger partial charge in [0.15, 0.2) is 12.4 Å². The lowest BCUT2D eigenvalue weighted by molar-refractivity contribution is -0.733. The van der Waals surface area contributed by atoms with Gasteiger partial charge >= 0.3 is 24.4 Å². The van der Waals surface area contributed by atoms with Gasteiger partial charge in [0.1, 0.15) is 6.33 Å². The number of carboxylic acids is 1. The maximum atomic E-state index is 13.1. The predicted octanol–water partition coefficient (Wildman–Crippen LogP) is 1.71. The van der Waals surface area contributed by atoms with Crippen LogP contribution in [0.5, 0.6) is 0 Å². The second kappa shape index (κ2) is 8.66. The highest BCUT2D eigenvalue weighted by Crippen LogP contribution is 2.15. The zero-order valence-electron chi connectivity index (χ0n) is 12.6. The molecule has 2 aromatic rings. The van der Waals surface area contributed by atoms with Gasteiger partial charge in [-0.1, -0.05) is 0 Å². The minimum atomic E-state index is -4.85. The summed E-state index contributed by atoms with van der Waals surface area (Å²) in [5.74, 6) is -3.69. The molecular weight excluding hydrogens is 350 g/mol. The number of hydrogen-bond acceptors (Lipinski definition) is 5. The van der Waals surface area contributed by atoms with Crippen LogP contribution in [0.25, 0.3) is 11.3 Å². The summed E-state index contributed by atoms with van der Waals surface area (Å²) in [6.45, 7) is 0. The Bertz CT molecular complexity index is 708. The molecule has 1 N–H and O–H groups in total. The monoisotopic (exact) mass is 362 g/mol. The van der Waals surface area contributed by atoms with E-state index >= 15 is 0 Å². The number of methoxy groups -OCH3 is 1. The predicted molar refractivity (Wildman–Crippen MR) is 73.5 cm³/mol. The van der Waals surface area contributed by atoms with E-state index < -0.39 is 24.4 Å². The number of aliphatic carboxylic acids is 1. The molecule has 2 heterocycles. The second-order valence-electron chi connectivity index (χ2n) is 4.29. The van der Waals surface area contributed by atoms with Crippen molar-refractivity contribution in [3.8, 4) is 11.3 Å². The average Bonchev–Trinajstić information content (AvgIpc) is 2.61. The van der Waals surface area contributed by atoms with Crippen molar-refractivity contribution in [2.75, 3.05) is 7.11 Å². The van der Waals surface area contributed by atoms with Gasteiger partial charge in [-0.25, -0.2) is 19.6 Å². The number of alkyl halides is 4. The van der Waals surface area contributed by atoms with Crippen LogP contribution in [0.15, 0.2) is 43.1 Å². The lowest BCUT2D eigenvalue weighted by Crippen LogP contribution is -2.40. The van der Waals surface area contributed by atoms with Crippen molar-refractivity contribution in [2.24, 2.45) is 0 Å². The lowest BCUT2D eigenvalue weighted by atomic mass is 10.2. The first-order valence-electron chi connectivity index (χ1n) is 6.46. The van der Waals surface area contributed by atoms with Gasteiger partial charge in [-0.3, -0.25) is 0 Å². The molecule has 7 nitrogen and oxygen atoms in total. The molecule has 2 rings (SSSR count). The Labute approximate surface area is 138 Å². The van der Waals surface area contributed by atoms with Crippen LogP contribution in [0.2, 0.25) is 0 Å². The Morgan fingerprint density at radius 3 is 2.20 bits per heavy atom. The number of rotatable bonds is 3. The van der Waals surface area contributed by atoms with E-state index in [9.17, 15) is 27.2 Å². The molecule has 0 aromatic carbocycles. The van der Waals surface area contributed by atoms with Crippen molar-refractivity contribution in [3.63, 3.8) is 0 Å². The summed E-state index contributed by atoms with van der Waals surface area (Å²) in [6, 6.07) is 4.90. The molecule has 2 aromatic heterocycles. The summed E-state index contributed by atoms with van der Waals surface area (Å²) >= 11 is 0. The Morgan fingerprint density at radius 2 is 1.84 bits per heavy atom. The van der Waals surface area contributed by atoms with E-state index in [4.69, 9.17) is 5.11 Å². The van der Waals surface area contributed by atoms with Crippen LogP contribution in [0.1, 0.15) is 6.30 Å². The quantitative estimate of drug-likeness (QED) is 0.508. The van der Waals surface area contributed by atoms with Gasteiger partial charge in [0.25, 0.3) is 0 Å². The Balaban J connectivity index is 0.000000333. The first kappa shape index (κ1) is 19.9. The minimum absolute atomic E-state index is 0.676. The van der Waals surface area contributed by atoms with Crippen molar-refractivity contribution < 1.29 is 41.6 Å². The molecule has 11 heteroatoms. The molecule has 25 heavy (non-hydrogen) atoms. The standard InChI is InChI=1S/C11H8FN3O2.C3H3F3O2/c12-10(11(16)17)15-5-2-8(3-6-15)9-1-4-13-7-14-9;1-8-2(7)3(4,5)6/h1-7,10H;1H3/p+1. The van der Waals surface area contributed by atoms with Crippen LogP contribution in [0.3, 0.4) is 0 Å². The van der Waals surface area contributed by atoms with Crippen LogP contribution in [-0.4, -0.2) is 40.3 Å². The SMILES string of the molecule is COC(=O)C(F)(F)F.O=C(O)C(F)[n+]1ccc(-c2ccncn2)cc1. The molecule has 0 aliphatic rings. The Morgan fingerprint density at radius 1 is 1.24 bits per heavy atom. The van der Waals surface area contributed by atoms with E-state index in [1.54, 1.807) is 24.4 Å². The molecule has 0 fully saturated rings. The van der Waals surface area contributed by atoms with Gasteiger partial charge in [-0.2, -0.15) is 22.1 Å². The molecule has 1 atom stereocenters. The Hall–Kier alpha value is -3.11. The number of esters is 1. The zero-order valence-corrected chi connectivity index (χ0v) is 12.6. The molecule has 0 saturated heterocycles. The van der Waals surface area contributed by atoms with Crippen LogP contribution in [0, 0.1) is 0 Å². The van der Waals surface area contributed by atoms with Crippen molar-refractivity contribution in [1.29, 1.82) is 0 Å². The first-order chi connectivity index (χ1) is 11.7. The van der Waals surface area contributed by atoms with Crippen molar-refractivity contribution in [3.05, 3.63) is 43.1 Å². The fourth-order valence-electron chi connectivity index (χ4n) is 1.46. The number of aromatic nitrogens is 3. The molecule has 0 radical (unpaired) electrons. The molecule has 1 unspecified atom stereocenters. The number of carboxylic acid groups (broad SMARTS) is 1. The molecule has 0 aliphatic carbocycles. The van der Waals surface area contributed by atoms with Gasteiger partial charge in [0.05, 0.1) is 12.8 Å². The van der Waals surface area contributed by atoms with E-state index in [1.165, 1.54) is 18.7 Å². The summed E-state index contributed by atoms with van der Waals surface area (Å²) in [5, 5.41) is 8.51. The smallest absolute Gasteiger partial charge is 0.474 e. The third-order valence-corrected chi connectivity index (χ3v) is 2.61. The number of pyridine rings is 1. The van der Waals surface area contributed by atoms with Crippen LogP contribution in [-0.2, 0) is 14.3 Å². The highest BCUT2D eigenvalue weighted by Gasteiger charge is 2.40. The summed E-state index contributed by atoms with van der Waals surface area (Å²) in [7, 11) is 0.676. The van der Waals surface area contributed by atoms with Gasteiger partial charge in [0.2, 0.25) is 0 Å². The first-order valence-corrected chi connectivity index (χ1v) is 6.46. The maximum Gasteiger partial charge on any atom is 0.490 e. The van der Waals surface area contributed by atoms with E-state index in [0.717, 1.165) is 10.1 Å². The van der Waals surface area contributed by atoms with Gasteiger partial charge in [-0.15, -0.1) is 0 Å². The third kappa shape index (κ3) is 6.12. The summed E-state index contributed by atoms with van der Waals surface area (Å²) in [6.07, 6.45) is -1.21. The maximum absolute atomic E-state index is 13.1. The van der Waals surface area contributed by atoms with Crippen molar-refractivity contribution in [2.45, 2.75) is 12.5 Å². The summed E-state index contributed by atoms with van der Waals surface area (Å²) in [4.78, 5) is 27.7. The van der Waals surface area contributed by atoms with Crippen LogP contribution in [0.4, 0.5) is 17.6 Å². The van der Waals surface area contributed by atoms with E-state index in [2.05, 4.69) is 14.7 Å². The number of ether oxygens (including phenoxy) is 1. The van der Waals surface area contributed by atoms with Gasteiger partial charge < -0.3 is 9.84 Å². The van der Waals surface area contributed by atoms with Crippen molar-refractivity contribution in [1.82, 2.24) is 9.97 Å². The van der Waals surface area contributed by atoms with Gasteiger partial charge in [-0.05, 0) is 6.07 Å². The molecule has 0 saturated carbocycles. The van der Waals surface area contributed by atoms with E-state index in [1.807, 2.05) is 0 Å². The van der Waals surface area contributed by atoms with E-state index in [0.29, 0.717) is 12.8 Å². The topological polar surface area (TPSA) is 93.3 Å². The van der Waals surface area contributed by atoms with Crippen LogP contribution >= 0.6 is 0 Å². The summed E-state index contributed by atoms with van der Waals surface area (Å²) in [5.41, 5.74) is 1.46. The lowest BCUT2D eigenvalue weighted by Gasteiger charge is -2.00. The summed E-state index contributed by atoms with van der Waals surface area (Å²) < 4.78 is 50.4. The number of carbonyl (C=O) groups excluding carboxylic acids is 1. The fourth-order valence-corrected chi connectivity index (χ4v) is 1.46. The van der Waals surface area contributed by atoms with Crippen LogP contribution < -0.4 is 4.57 Å². The highest BCUT2D eigenvalue weighted by atomic mass is 19.4. The molecular formula is C14H12F4N3O4+. The fraction of sp³-hybridized carbons (Fsp3) is 0.214. The molecule has 0 bridgehead atoms. The Kier molecular flexibility index (Phi) is 6.91. The number of nitrogens with zero attached hydrogens (tertiary/aromatic N) is 3. The normalized spacial score (nSPS) is 11.7. The minimum Gasteiger partial charge on any atom is -0.474 e. The molecule has 0 spiro atoms. The van der Waals surface area contributed by atoms with E-state index in [-0.39, 0.29) is 0 Å². The molecule has 0 aliphatic heterocycles. The van der Waals surface area contributed by atoms with Crippen molar-refractivity contribution >= 4 is 11.9 Å². The molecule has 134 valence electrons. The number of halogens is 4.